The van der Waals surface area contributed by atoms with Crippen LogP contribution in [0, 0.1) is 13.8 Å². The van der Waals surface area contributed by atoms with Gasteiger partial charge >= 0.3 is 0 Å². The second kappa shape index (κ2) is 2.97. The van der Waals surface area contributed by atoms with Gasteiger partial charge in [-0.2, -0.15) is 0 Å². The van der Waals surface area contributed by atoms with Gasteiger partial charge in [-0.25, -0.2) is 4.98 Å². The lowest BCUT2D eigenvalue weighted by Crippen LogP contribution is -2.01. The lowest BCUT2D eigenvalue weighted by molar-refractivity contribution is 0.899. The maximum atomic E-state index is 4.23. The molecule has 0 bridgehead atoms. The number of nitrogens with zero attached hydrogens (tertiary/aromatic N) is 4. The highest BCUT2D eigenvalue weighted by Gasteiger charge is 2.05. The highest BCUT2D eigenvalue weighted by atomic mass is 15.3. The minimum Gasteiger partial charge on any atom is -0.267 e. The summed E-state index contributed by atoms with van der Waals surface area (Å²) in [5.41, 5.74) is 0. The van der Waals surface area contributed by atoms with Crippen molar-refractivity contribution in [2.75, 3.05) is 0 Å². The van der Waals surface area contributed by atoms with Gasteiger partial charge in [0.15, 0.2) is 0 Å². The number of aryl methyl sites for hydroxylation is 2. The Morgan fingerprint density at radius 1 is 1.08 bits per heavy atom. The van der Waals surface area contributed by atoms with Crippen molar-refractivity contribution < 1.29 is 0 Å². The third kappa shape index (κ3) is 1.30. The van der Waals surface area contributed by atoms with Crippen LogP contribution in [0.25, 0.3) is 5.82 Å². The third-order valence-corrected chi connectivity index (χ3v) is 1.87. The molecule has 4 nitrogen and oxygen atoms in total. The maximum absolute atomic E-state index is 4.23. The Morgan fingerprint density at radius 2 is 1.77 bits per heavy atom. The quantitative estimate of drug-likeness (QED) is 0.654. The largest absolute Gasteiger partial charge is 0.267 e. The molecule has 0 fully saturated rings. The zero-order valence-electron chi connectivity index (χ0n) is 7.60. The van der Waals surface area contributed by atoms with E-state index in [1.165, 1.54) is 0 Å². The van der Waals surface area contributed by atoms with Crippen molar-refractivity contribution in [2.45, 2.75) is 13.8 Å². The van der Waals surface area contributed by atoms with Crippen molar-refractivity contribution >= 4 is 0 Å². The lowest BCUT2D eigenvalue weighted by atomic mass is 10.4. The first-order valence-electron chi connectivity index (χ1n) is 4.09. The number of hydrogen-bond donors (Lipinski definition) is 0. The molecule has 0 aromatic carbocycles. The van der Waals surface area contributed by atoms with E-state index in [0.717, 1.165) is 17.5 Å². The van der Waals surface area contributed by atoms with Crippen LogP contribution in [0.1, 0.15) is 11.6 Å². The van der Waals surface area contributed by atoms with Crippen LogP contribution < -0.4 is 0 Å². The Bertz CT molecular complexity index is 385. The highest BCUT2D eigenvalue weighted by Crippen LogP contribution is 2.07. The van der Waals surface area contributed by atoms with Crippen molar-refractivity contribution in [2.24, 2.45) is 0 Å². The Labute approximate surface area is 76.3 Å². The summed E-state index contributed by atoms with van der Waals surface area (Å²) in [6, 6.07) is 5.77. The fourth-order valence-electron chi connectivity index (χ4n) is 1.29. The van der Waals surface area contributed by atoms with Gasteiger partial charge in [-0.3, -0.25) is 4.57 Å². The number of rotatable bonds is 1. The average molecular weight is 174 g/mol. The van der Waals surface area contributed by atoms with E-state index >= 15 is 0 Å². The molecule has 2 heterocycles. The van der Waals surface area contributed by atoms with Crippen molar-refractivity contribution in [1.82, 2.24) is 19.7 Å². The van der Waals surface area contributed by atoms with E-state index in [-0.39, 0.29) is 0 Å². The maximum Gasteiger partial charge on any atom is 0.139 e. The minimum absolute atomic E-state index is 0.858. The molecular formula is C9H10N4. The number of aromatic nitrogens is 4. The first-order valence-corrected chi connectivity index (χ1v) is 4.09. The second-order valence-corrected chi connectivity index (χ2v) is 2.82. The van der Waals surface area contributed by atoms with Crippen LogP contribution in [0.15, 0.2) is 24.4 Å². The van der Waals surface area contributed by atoms with Crippen LogP contribution in [0.5, 0.6) is 0 Å². The molecule has 0 aliphatic rings. The molecule has 66 valence electrons. The summed E-state index contributed by atoms with van der Waals surface area (Å²) < 4.78 is 1.92. The van der Waals surface area contributed by atoms with Crippen LogP contribution in [0.3, 0.4) is 0 Å². The molecule has 0 atom stereocenters. The molecule has 0 amide bonds. The van der Waals surface area contributed by atoms with Crippen molar-refractivity contribution in [3.8, 4) is 5.82 Å². The topological polar surface area (TPSA) is 43.6 Å². The number of hydrogen-bond acceptors (Lipinski definition) is 3. The molecule has 0 N–H and O–H groups in total. The van der Waals surface area contributed by atoms with Gasteiger partial charge in [0, 0.05) is 6.20 Å². The summed E-state index contributed by atoms with van der Waals surface area (Å²) in [4.78, 5) is 4.23. The van der Waals surface area contributed by atoms with Gasteiger partial charge in [0.05, 0.1) is 0 Å². The van der Waals surface area contributed by atoms with Crippen molar-refractivity contribution in [3.63, 3.8) is 0 Å². The molecule has 0 saturated carbocycles. The second-order valence-electron chi connectivity index (χ2n) is 2.82. The summed E-state index contributed by atoms with van der Waals surface area (Å²) in [7, 11) is 0. The zero-order valence-corrected chi connectivity index (χ0v) is 7.60. The fourth-order valence-corrected chi connectivity index (χ4v) is 1.29. The minimum atomic E-state index is 0.858. The van der Waals surface area contributed by atoms with E-state index in [4.69, 9.17) is 0 Å². The van der Waals surface area contributed by atoms with Gasteiger partial charge in [-0.05, 0) is 26.0 Å². The molecule has 13 heavy (non-hydrogen) atoms. The van der Waals surface area contributed by atoms with E-state index in [1.807, 2.05) is 36.6 Å². The number of pyridine rings is 1. The monoisotopic (exact) mass is 174 g/mol. The van der Waals surface area contributed by atoms with Crippen LogP contribution in [0.4, 0.5) is 0 Å². The Morgan fingerprint density at radius 3 is 2.31 bits per heavy atom. The zero-order chi connectivity index (χ0) is 9.26. The van der Waals surface area contributed by atoms with Crippen LogP contribution in [0.2, 0.25) is 0 Å². The smallest absolute Gasteiger partial charge is 0.139 e. The molecular weight excluding hydrogens is 164 g/mol. The SMILES string of the molecule is Cc1nnc(C)n1-c1ccccn1. The highest BCUT2D eigenvalue weighted by molar-refractivity contribution is 5.24. The summed E-state index contributed by atoms with van der Waals surface area (Å²) in [5.74, 6) is 2.58. The normalized spacial score (nSPS) is 10.3. The molecule has 4 heteroatoms. The van der Waals surface area contributed by atoms with Crippen LogP contribution >= 0.6 is 0 Å². The summed E-state index contributed by atoms with van der Waals surface area (Å²) in [6.45, 7) is 3.82. The van der Waals surface area contributed by atoms with Crippen LogP contribution in [-0.2, 0) is 0 Å². The van der Waals surface area contributed by atoms with E-state index in [0.29, 0.717) is 0 Å². The standard InChI is InChI=1S/C9H10N4/c1-7-11-12-8(2)13(7)9-5-3-4-6-10-9/h3-6H,1-2H3. The molecule has 0 radical (unpaired) electrons. The average Bonchev–Trinajstić information content (AvgIpc) is 2.48. The Hall–Kier alpha value is -1.71. The van der Waals surface area contributed by atoms with E-state index < -0.39 is 0 Å². The summed E-state index contributed by atoms with van der Waals surface area (Å²) >= 11 is 0. The lowest BCUT2D eigenvalue weighted by Gasteiger charge is -2.03. The summed E-state index contributed by atoms with van der Waals surface area (Å²) in [6.07, 6.45) is 1.76. The predicted octanol–water partition coefficient (Wildman–Crippen LogP) is 1.28. The molecule has 2 aromatic rings. The molecule has 0 aliphatic carbocycles. The molecule has 0 unspecified atom stereocenters. The molecule has 2 aromatic heterocycles. The van der Waals surface area contributed by atoms with Crippen molar-refractivity contribution in [1.29, 1.82) is 0 Å². The van der Waals surface area contributed by atoms with E-state index in [1.54, 1.807) is 6.20 Å². The van der Waals surface area contributed by atoms with Gasteiger partial charge in [0.25, 0.3) is 0 Å². The predicted molar refractivity (Wildman–Crippen MR) is 48.6 cm³/mol. The van der Waals surface area contributed by atoms with Crippen molar-refractivity contribution in [3.05, 3.63) is 36.0 Å². The first-order chi connectivity index (χ1) is 6.29. The molecule has 0 aliphatic heterocycles. The third-order valence-electron chi connectivity index (χ3n) is 1.87. The first kappa shape index (κ1) is 7.91. The summed E-state index contributed by atoms with van der Waals surface area (Å²) in [5, 5.41) is 7.93. The van der Waals surface area contributed by atoms with E-state index in [2.05, 4.69) is 15.2 Å². The van der Waals surface area contributed by atoms with E-state index in [9.17, 15) is 0 Å². The van der Waals surface area contributed by atoms with Gasteiger partial charge in [-0.15, -0.1) is 10.2 Å². The molecule has 0 spiro atoms. The Balaban J connectivity index is 2.59. The van der Waals surface area contributed by atoms with Gasteiger partial charge < -0.3 is 0 Å². The van der Waals surface area contributed by atoms with Gasteiger partial charge in [0.1, 0.15) is 17.5 Å². The van der Waals surface area contributed by atoms with Crippen LogP contribution in [-0.4, -0.2) is 19.7 Å². The molecule has 0 saturated heterocycles. The fraction of sp³-hybridized carbons (Fsp3) is 0.222. The van der Waals surface area contributed by atoms with Gasteiger partial charge in [-0.1, -0.05) is 6.07 Å². The Kier molecular flexibility index (Phi) is 1.81. The molecule has 2 rings (SSSR count). The van der Waals surface area contributed by atoms with Gasteiger partial charge in [0.2, 0.25) is 0 Å².